The lowest BCUT2D eigenvalue weighted by Crippen LogP contribution is -2.15. The van der Waals surface area contributed by atoms with Crippen molar-refractivity contribution in [1.82, 2.24) is 0 Å². The zero-order valence-electron chi connectivity index (χ0n) is 30.8. The fraction of sp³-hybridized carbons (Fsp3) is 0.0545. The summed E-state index contributed by atoms with van der Waals surface area (Å²) < 4.78 is 0. The van der Waals surface area contributed by atoms with Gasteiger partial charge in [-0.1, -0.05) is 172 Å². The van der Waals surface area contributed by atoms with Gasteiger partial charge in [0.05, 0.1) is 0 Å². The van der Waals surface area contributed by atoms with E-state index in [1.54, 1.807) is 0 Å². The molecular weight excluding hydrogens is 661 g/mol. The van der Waals surface area contributed by atoms with Crippen LogP contribution in [-0.4, -0.2) is 0 Å². The van der Waals surface area contributed by atoms with E-state index in [1.165, 1.54) is 120 Å². The van der Waals surface area contributed by atoms with Crippen LogP contribution >= 0.6 is 0 Å². The van der Waals surface area contributed by atoms with Crippen LogP contribution in [0.5, 0.6) is 0 Å². The molecule has 11 aromatic carbocycles. The molecule has 0 aliphatic heterocycles. The molecule has 0 atom stereocenters. The predicted octanol–water partition coefficient (Wildman–Crippen LogP) is 15.4. The molecule has 0 heteroatoms. The van der Waals surface area contributed by atoms with Gasteiger partial charge in [-0.3, -0.25) is 0 Å². The van der Waals surface area contributed by atoms with Crippen molar-refractivity contribution < 1.29 is 0 Å². The predicted molar refractivity (Wildman–Crippen MR) is 237 cm³/mol. The van der Waals surface area contributed by atoms with Crippen molar-refractivity contribution in [2.24, 2.45) is 0 Å². The van der Waals surface area contributed by atoms with Crippen molar-refractivity contribution in [2.45, 2.75) is 19.3 Å². The van der Waals surface area contributed by atoms with E-state index in [9.17, 15) is 0 Å². The van der Waals surface area contributed by atoms with Crippen LogP contribution < -0.4 is 0 Å². The van der Waals surface area contributed by atoms with Crippen molar-refractivity contribution in [2.75, 3.05) is 0 Å². The van der Waals surface area contributed by atoms with Crippen LogP contribution in [0.15, 0.2) is 182 Å². The van der Waals surface area contributed by atoms with Gasteiger partial charge in [-0.2, -0.15) is 0 Å². The first-order valence-electron chi connectivity index (χ1n) is 19.4. The van der Waals surface area contributed by atoms with Crippen LogP contribution in [0, 0.1) is 0 Å². The molecule has 0 heterocycles. The summed E-state index contributed by atoms with van der Waals surface area (Å²) in [5, 5.41) is 18.2. The van der Waals surface area contributed by atoms with Crippen molar-refractivity contribution in [3.63, 3.8) is 0 Å². The minimum Gasteiger partial charge on any atom is -0.0616 e. The monoisotopic (exact) mass is 696 g/mol. The summed E-state index contributed by atoms with van der Waals surface area (Å²) in [4.78, 5) is 0. The zero-order valence-corrected chi connectivity index (χ0v) is 30.8. The Morgan fingerprint density at radius 3 is 1.18 bits per heavy atom. The Balaban J connectivity index is 1.14. The van der Waals surface area contributed by atoms with Gasteiger partial charge in [0.15, 0.2) is 0 Å². The van der Waals surface area contributed by atoms with Crippen LogP contribution in [-0.2, 0) is 5.41 Å². The van der Waals surface area contributed by atoms with Gasteiger partial charge >= 0.3 is 0 Å². The van der Waals surface area contributed by atoms with E-state index in [4.69, 9.17) is 0 Å². The summed E-state index contributed by atoms with van der Waals surface area (Å²) in [6.45, 7) is 4.84. The first-order chi connectivity index (χ1) is 27.1. The molecule has 0 saturated carbocycles. The van der Waals surface area contributed by atoms with Gasteiger partial charge in [0.1, 0.15) is 0 Å². The Kier molecular flexibility index (Phi) is 6.21. The van der Waals surface area contributed by atoms with E-state index in [0.717, 1.165) is 0 Å². The van der Waals surface area contributed by atoms with Crippen molar-refractivity contribution >= 4 is 75.4 Å². The first kappa shape index (κ1) is 30.7. The first-order valence-corrected chi connectivity index (χ1v) is 19.4. The summed E-state index contributed by atoms with van der Waals surface area (Å²) in [5.74, 6) is 0. The summed E-state index contributed by atoms with van der Waals surface area (Å²) in [6, 6.07) is 68.4. The molecule has 0 fully saturated rings. The maximum Gasteiger partial charge on any atom is 0.0159 e. The second-order valence-electron chi connectivity index (χ2n) is 16.0. The third-order valence-corrected chi connectivity index (χ3v) is 12.8. The maximum absolute atomic E-state index is 2.51. The smallest absolute Gasteiger partial charge is 0.0159 e. The Morgan fingerprint density at radius 2 is 0.655 bits per heavy atom. The van der Waals surface area contributed by atoms with Gasteiger partial charge in [-0.25, -0.2) is 0 Å². The number of hydrogen-bond acceptors (Lipinski definition) is 0. The topological polar surface area (TPSA) is 0 Å². The molecule has 0 unspecified atom stereocenters. The minimum absolute atomic E-state index is 0.172. The van der Waals surface area contributed by atoms with Crippen LogP contribution in [0.4, 0.5) is 0 Å². The molecule has 256 valence electrons. The Labute approximate surface area is 319 Å². The average molecular weight is 697 g/mol. The molecule has 0 saturated heterocycles. The zero-order chi connectivity index (χ0) is 36.4. The number of fused-ring (bicyclic) bond motifs is 13. The van der Waals surface area contributed by atoms with Gasteiger partial charge in [-0.15, -0.1) is 0 Å². The van der Waals surface area contributed by atoms with E-state index in [0.29, 0.717) is 0 Å². The Hall–Kier alpha value is -6.76. The van der Waals surface area contributed by atoms with Crippen LogP contribution in [0.2, 0.25) is 0 Å². The number of benzene rings is 11. The Bertz CT molecular complexity index is 3340. The Morgan fingerprint density at radius 1 is 0.273 bits per heavy atom. The van der Waals surface area contributed by atoms with E-state index in [2.05, 4.69) is 196 Å². The summed E-state index contributed by atoms with van der Waals surface area (Å²) in [6.07, 6.45) is 0. The molecule has 0 radical (unpaired) electrons. The summed E-state index contributed by atoms with van der Waals surface area (Å²) in [5.41, 5.74) is 10.5. The largest absolute Gasteiger partial charge is 0.0616 e. The van der Waals surface area contributed by atoms with Crippen LogP contribution in [0.3, 0.4) is 0 Å². The highest BCUT2D eigenvalue weighted by molar-refractivity contribution is 6.28. The third-order valence-electron chi connectivity index (χ3n) is 12.8. The summed E-state index contributed by atoms with van der Waals surface area (Å²) >= 11 is 0. The van der Waals surface area contributed by atoms with Gasteiger partial charge < -0.3 is 0 Å². The maximum atomic E-state index is 2.51. The molecule has 0 N–H and O–H groups in total. The SMILES string of the molecule is CC1(C)c2cc(-c3c4ccccc4c(-c4c5ccccc5cc5ccccc45)c4ccccc34)ccc2-c2cc3c4ccccc4c4ccccc4c3cc21. The fourth-order valence-corrected chi connectivity index (χ4v) is 10.3. The molecule has 0 bridgehead atoms. The van der Waals surface area contributed by atoms with Crippen molar-refractivity contribution in [3.05, 3.63) is 193 Å². The van der Waals surface area contributed by atoms with E-state index < -0.39 is 0 Å². The van der Waals surface area contributed by atoms with E-state index in [-0.39, 0.29) is 5.41 Å². The minimum atomic E-state index is -0.172. The van der Waals surface area contributed by atoms with Gasteiger partial charge in [-0.05, 0) is 144 Å². The lowest BCUT2D eigenvalue weighted by Gasteiger charge is -2.24. The van der Waals surface area contributed by atoms with Crippen molar-refractivity contribution in [1.29, 1.82) is 0 Å². The number of rotatable bonds is 2. The number of hydrogen-bond donors (Lipinski definition) is 0. The molecule has 11 aromatic rings. The van der Waals surface area contributed by atoms with Crippen LogP contribution in [0.1, 0.15) is 25.0 Å². The molecule has 12 rings (SSSR count). The van der Waals surface area contributed by atoms with Gasteiger partial charge in [0.2, 0.25) is 0 Å². The molecule has 1 aliphatic carbocycles. The third kappa shape index (κ3) is 4.17. The molecule has 0 nitrogen and oxygen atoms in total. The highest BCUT2D eigenvalue weighted by Crippen LogP contribution is 2.54. The highest BCUT2D eigenvalue weighted by Gasteiger charge is 2.36. The highest BCUT2D eigenvalue weighted by atomic mass is 14.4. The molecule has 0 spiro atoms. The van der Waals surface area contributed by atoms with E-state index >= 15 is 0 Å². The molecule has 0 amide bonds. The summed E-state index contributed by atoms with van der Waals surface area (Å²) in [7, 11) is 0. The normalized spacial score (nSPS) is 13.4. The van der Waals surface area contributed by atoms with Gasteiger partial charge in [0.25, 0.3) is 0 Å². The van der Waals surface area contributed by atoms with Crippen molar-refractivity contribution in [3.8, 4) is 33.4 Å². The molecular formula is C55H36. The lowest BCUT2D eigenvalue weighted by molar-refractivity contribution is 0.661. The molecule has 55 heavy (non-hydrogen) atoms. The average Bonchev–Trinajstić information content (AvgIpc) is 3.46. The van der Waals surface area contributed by atoms with Gasteiger partial charge in [0, 0.05) is 5.41 Å². The standard InChI is InChI=1S/C55H36/c1-55(2)50-30-35(27-28-42(50)49-31-47-40-21-9-7-19-38(40)39-20-8-10-22-41(39)48(47)32-51(49)55)52-43-23-11-13-25-45(43)54(46-26-14-12-24-44(46)52)53-36-17-5-3-15-33(36)29-34-16-4-6-18-37(34)53/h3-32H,1-2H3. The lowest BCUT2D eigenvalue weighted by atomic mass is 9.79. The molecule has 1 aliphatic rings. The second-order valence-corrected chi connectivity index (χ2v) is 16.0. The van der Waals surface area contributed by atoms with Crippen LogP contribution in [0.25, 0.3) is 109 Å². The second kappa shape index (κ2) is 11.1. The van der Waals surface area contributed by atoms with E-state index in [1.807, 2.05) is 0 Å². The fourth-order valence-electron chi connectivity index (χ4n) is 10.3. The quantitative estimate of drug-likeness (QED) is 0.125. The molecule has 0 aromatic heterocycles.